The molecule has 2 atom stereocenters. The fourth-order valence-corrected chi connectivity index (χ4v) is 2.69. The summed E-state index contributed by atoms with van der Waals surface area (Å²) in [7, 11) is 0. The number of nitrogens with zero attached hydrogens (tertiary/aromatic N) is 1. The van der Waals surface area contributed by atoms with Crippen molar-refractivity contribution in [3.63, 3.8) is 0 Å². The van der Waals surface area contributed by atoms with Gasteiger partial charge in [0.15, 0.2) is 0 Å². The van der Waals surface area contributed by atoms with Crippen LogP contribution in [-0.2, 0) is 4.74 Å². The molecule has 2 unspecified atom stereocenters. The van der Waals surface area contributed by atoms with E-state index in [1.54, 1.807) is 0 Å². The van der Waals surface area contributed by atoms with Crippen molar-refractivity contribution in [3.8, 4) is 0 Å². The van der Waals surface area contributed by atoms with E-state index >= 15 is 0 Å². The van der Waals surface area contributed by atoms with Crippen LogP contribution in [0.1, 0.15) is 36.4 Å². The number of nitrogens with one attached hydrogen (secondary N) is 1. The molecular weight excluding hydrogens is 224 g/mol. The molecule has 0 aromatic heterocycles. The highest BCUT2D eigenvalue weighted by atomic mass is 16.5. The van der Waals surface area contributed by atoms with Gasteiger partial charge in [0.05, 0.1) is 6.04 Å². The maximum absolute atomic E-state index is 5.79. The number of hydrogen-bond acceptors (Lipinski definition) is 3. The molecule has 96 valence electrons. The summed E-state index contributed by atoms with van der Waals surface area (Å²) >= 11 is 0. The molecule has 2 aliphatic rings. The highest BCUT2D eigenvalue weighted by Crippen LogP contribution is 2.25. The van der Waals surface area contributed by atoms with E-state index in [1.807, 2.05) is 0 Å². The molecular formula is C15H20N2O. The summed E-state index contributed by atoms with van der Waals surface area (Å²) in [6, 6.07) is 9.08. The smallest absolute Gasteiger partial charge is 0.201 e. The molecule has 0 radical (unpaired) electrons. The molecule has 1 N–H and O–H groups in total. The van der Waals surface area contributed by atoms with Crippen LogP contribution in [0.4, 0.5) is 0 Å². The van der Waals surface area contributed by atoms with Crippen molar-refractivity contribution < 1.29 is 4.74 Å². The van der Waals surface area contributed by atoms with Gasteiger partial charge in [0.25, 0.3) is 0 Å². The number of ether oxygens (including phenoxy) is 1. The van der Waals surface area contributed by atoms with Crippen LogP contribution in [0.5, 0.6) is 0 Å². The number of rotatable bonds is 2. The van der Waals surface area contributed by atoms with Gasteiger partial charge >= 0.3 is 0 Å². The molecule has 0 spiro atoms. The Kier molecular flexibility index (Phi) is 3.33. The molecule has 18 heavy (non-hydrogen) atoms. The molecule has 2 aliphatic heterocycles. The monoisotopic (exact) mass is 244 g/mol. The number of aliphatic imine (C=N–C) groups is 1. The van der Waals surface area contributed by atoms with E-state index in [4.69, 9.17) is 9.73 Å². The fraction of sp³-hybridized carbons (Fsp3) is 0.533. The van der Waals surface area contributed by atoms with Gasteiger partial charge in [-0.15, -0.1) is 0 Å². The third-order valence-corrected chi connectivity index (χ3v) is 3.71. The van der Waals surface area contributed by atoms with Gasteiger partial charge in [-0.2, -0.15) is 0 Å². The maximum Gasteiger partial charge on any atom is 0.201 e. The summed E-state index contributed by atoms with van der Waals surface area (Å²) in [6.07, 6.45) is 3.69. The molecule has 2 heterocycles. The van der Waals surface area contributed by atoms with Crippen LogP contribution in [0.25, 0.3) is 0 Å². The van der Waals surface area contributed by atoms with Crippen LogP contribution in [-0.4, -0.2) is 25.1 Å². The van der Waals surface area contributed by atoms with E-state index in [1.165, 1.54) is 24.0 Å². The molecule has 3 nitrogen and oxygen atoms in total. The largest absolute Gasteiger partial charge is 0.477 e. The lowest BCUT2D eigenvalue weighted by molar-refractivity contribution is 0.293. The summed E-state index contributed by atoms with van der Waals surface area (Å²) in [5.74, 6) is 0.918. The first-order chi connectivity index (χ1) is 8.83. The molecule has 1 fully saturated rings. The fourth-order valence-electron chi connectivity index (χ4n) is 2.69. The summed E-state index contributed by atoms with van der Waals surface area (Å²) in [5.41, 5.74) is 2.55. The molecule has 1 aromatic rings. The normalized spacial score (nSPS) is 27.7. The Morgan fingerprint density at radius 2 is 2.28 bits per heavy atom. The van der Waals surface area contributed by atoms with Crippen LogP contribution in [0, 0.1) is 6.92 Å². The van der Waals surface area contributed by atoms with Crippen LogP contribution in [0.3, 0.4) is 0 Å². The lowest BCUT2D eigenvalue weighted by Crippen LogP contribution is -2.40. The first-order valence-electron chi connectivity index (χ1n) is 6.83. The second-order valence-electron chi connectivity index (χ2n) is 5.21. The van der Waals surface area contributed by atoms with Gasteiger partial charge in [-0.25, -0.2) is 4.99 Å². The lowest BCUT2D eigenvalue weighted by Gasteiger charge is -2.22. The minimum atomic E-state index is 0.184. The van der Waals surface area contributed by atoms with Crippen LogP contribution < -0.4 is 5.32 Å². The molecule has 1 aromatic carbocycles. The first kappa shape index (κ1) is 11.7. The second kappa shape index (κ2) is 5.11. The zero-order valence-electron chi connectivity index (χ0n) is 10.9. The minimum Gasteiger partial charge on any atom is -0.477 e. The van der Waals surface area contributed by atoms with Gasteiger partial charge in [-0.3, -0.25) is 0 Å². The zero-order chi connectivity index (χ0) is 12.4. The summed E-state index contributed by atoms with van der Waals surface area (Å²) in [6.45, 7) is 3.89. The third-order valence-electron chi connectivity index (χ3n) is 3.71. The Bertz CT molecular complexity index is 450. The highest BCUT2D eigenvalue weighted by molar-refractivity contribution is 5.83. The lowest BCUT2D eigenvalue weighted by atomic mass is 10.0. The van der Waals surface area contributed by atoms with Crippen LogP contribution in [0.2, 0.25) is 0 Å². The Balaban J connectivity index is 1.74. The van der Waals surface area contributed by atoms with Crippen molar-refractivity contribution in [3.05, 3.63) is 35.4 Å². The predicted molar refractivity (Wildman–Crippen MR) is 72.9 cm³/mol. The van der Waals surface area contributed by atoms with E-state index in [0.29, 0.717) is 12.6 Å². The van der Waals surface area contributed by atoms with E-state index in [0.717, 1.165) is 18.9 Å². The van der Waals surface area contributed by atoms with E-state index in [9.17, 15) is 0 Å². The molecule has 0 bridgehead atoms. The van der Waals surface area contributed by atoms with Crippen molar-refractivity contribution in [1.82, 2.24) is 5.32 Å². The van der Waals surface area contributed by atoms with Gasteiger partial charge in [0.1, 0.15) is 12.6 Å². The van der Waals surface area contributed by atoms with Gasteiger partial charge in [-0.1, -0.05) is 36.2 Å². The van der Waals surface area contributed by atoms with E-state index < -0.39 is 0 Å². The molecule has 0 saturated carbocycles. The Morgan fingerprint density at radius 3 is 3.06 bits per heavy atom. The summed E-state index contributed by atoms with van der Waals surface area (Å²) < 4.78 is 5.79. The number of piperidine rings is 1. The molecule has 3 rings (SSSR count). The maximum atomic E-state index is 5.79. The van der Waals surface area contributed by atoms with Gasteiger partial charge < -0.3 is 10.1 Å². The Labute approximate surface area is 108 Å². The Morgan fingerprint density at radius 1 is 1.33 bits per heavy atom. The van der Waals surface area contributed by atoms with Crippen molar-refractivity contribution in [1.29, 1.82) is 0 Å². The van der Waals surface area contributed by atoms with Crippen LogP contribution in [0.15, 0.2) is 29.3 Å². The van der Waals surface area contributed by atoms with Gasteiger partial charge in [0.2, 0.25) is 5.90 Å². The van der Waals surface area contributed by atoms with Crippen molar-refractivity contribution in [2.75, 3.05) is 13.2 Å². The summed E-state index contributed by atoms with van der Waals surface area (Å²) in [4.78, 5) is 4.76. The van der Waals surface area contributed by atoms with Gasteiger partial charge in [-0.05, 0) is 31.9 Å². The quantitative estimate of drug-likeness (QED) is 0.867. The zero-order valence-corrected chi connectivity index (χ0v) is 10.9. The van der Waals surface area contributed by atoms with Crippen LogP contribution >= 0.6 is 0 Å². The number of benzene rings is 1. The van der Waals surface area contributed by atoms with Crippen molar-refractivity contribution >= 4 is 5.90 Å². The van der Waals surface area contributed by atoms with E-state index in [-0.39, 0.29) is 6.04 Å². The average Bonchev–Trinajstić information content (AvgIpc) is 2.89. The third kappa shape index (κ3) is 2.41. The van der Waals surface area contributed by atoms with Crippen molar-refractivity contribution in [2.45, 2.75) is 38.3 Å². The molecule has 0 amide bonds. The standard InChI is InChI=1S/C15H20N2O/c1-11-5-4-6-12(9-11)14-10-18-15(17-14)13-7-2-3-8-16-13/h4-6,9,13-14,16H,2-3,7-8,10H2,1H3. The van der Waals surface area contributed by atoms with E-state index in [2.05, 4.69) is 36.5 Å². The molecule has 0 aliphatic carbocycles. The highest BCUT2D eigenvalue weighted by Gasteiger charge is 2.27. The van der Waals surface area contributed by atoms with Crippen molar-refractivity contribution in [2.24, 2.45) is 4.99 Å². The molecule has 3 heteroatoms. The first-order valence-corrected chi connectivity index (χ1v) is 6.83. The predicted octanol–water partition coefficient (Wildman–Crippen LogP) is 2.61. The van der Waals surface area contributed by atoms with Gasteiger partial charge in [0, 0.05) is 0 Å². The minimum absolute atomic E-state index is 0.184. The average molecular weight is 244 g/mol. The summed E-state index contributed by atoms with van der Waals surface area (Å²) in [5, 5.41) is 3.49. The Hall–Kier alpha value is -1.35. The number of aryl methyl sites for hydroxylation is 1. The molecule has 1 saturated heterocycles. The topological polar surface area (TPSA) is 33.6 Å². The second-order valence-corrected chi connectivity index (χ2v) is 5.21. The SMILES string of the molecule is Cc1cccc(C2COC(C3CCCCN3)=N2)c1. The number of hydrogen-bond donors (Lipinski definition) is 1.